The molecule has 0 saturated heterocycles. The lowest BCUT2D eigenvalue weighted by molar-refractivity contribution is 0.1000. The fraction of sp³-hybridized carbons (Fsp3) is 0.0800. The van der Waals surface area contributed by atoms with Crippen LogP contribution < -0.4 is 5.73 Å². The molecule has 33 heavy (non-hydrogen) atoms. The summed E-state index contributed by atoms with van der Waals surface area (Å²) in [6.07, 6.45) is 4.84. The van der Waals surface area contributed by atoms with Gasteiger partial charge in [0.25, 0.3) is 5.91 Å². The highest BCUT2D eigenvalue weighted by atomic mass is 19.1. The Hall–Kier alpha value is -4.51. The van der Waals surface area contributed by atoms with Crippen molar-refractivity contribution in [2.24, 2.45) is 5.73 Å². The minimum Gasteiger partial charge on any atom is -0.366 e. The third-order valence-electron chi connectivity index (χ3n) is 5.48. The monoisotopic (exact) mass is 441 g/mol. The Balaban J connectivity index is 1.63. The number of nitrogens with one attached hydrogen (secondary N) is 1. The van der Waals surface area contributed by atoms with Gasteiger partial charge in [-0.1, -0.05) is 30.0 Å². The van der Waals surface area contributed by atoms with Crippen molar-refractivity contribution in [2.75, 3.05) is 0 Å². The molecule has 5 rings (SSSR count). The number of rotatable bonds is 4. The maximum absolute atomic E-state index is 14.8. The van der Waals surface area contributed by atoms with E-state index in [0.29, 0.717) is 16.6 Å². The Bertz CT molecular complexity index is 1570. The number of carbonyl (C=O) groups is 1. The van der Waals surface area contributed by atoms with Gasteiger partial charge in [-0.3, -0.25) is 9.48 Å². The fourth-order valence-electron chi connectivity index (χ4n) is 3.90. The number of hydrogen-bond acceptors (Lipinski definition) is 3. The SMILES string of the molecule is NC(=O)c1cnc2[nH]ccc2c1C#CCC(c1cc(F)ccc1F)n1ncc2ccccc21. The number of carbonyl (C=O) groups excluding carboxylic acids is 1. The van der Waals surface area contributed by atoms with Crippen LogP contribution in [0.15, 0.2) is 67.1 Å². The van der Waals surface area contributed by atoms with E-state index in [1.54, 1.807) is 23.1 Å². The summed E-state index contributed by atoms with van der Waals surface area (Å²) in [6.45, 7) is 0. The molecular weight excluding hydrogens is 424 g/mol. The van der Waals surface area contributed by atoms with Crippen molar-refractivity contribution in [2.45, 2.75) is 12.5 Å². The molecule has 0 radical (unpaired) electrons. The second kappa shape index (κ2) is 8.20. The van der Waals surface area contributed by atoms with E-state index < -0.39 is 23.6 Å². The molecule has 0 saturated carbocycles. The lowest BCUT2D eigenvalue weighted by Crippen LogP contribution is -2.14. The van der Waals surface area contributed by atoms with Crippen molar-refractivity contribution >= 4 is 27.8 Å². The van der Waals surface area contributed by atoms with Gasteiger partial charge >= 0.3 is 0 Å². The van der Waals surface area contributed by atoms with Gasteiger partial charge in [-0.25, -0.2) is 13.8 Å². The van der Waals surface area contributed by atoms with E-state index >= 15 is 0 Å². The number of fused-ring (bicyclic) bond motifs is 2. The van der Waals surface area contributed by atoms with Crippen molar-refractivity contribution in [1.29, 1.82) is 0 Å². The molecule has 1 amide bonds. The van der Waals surface area contributed by atoms with E-state index in [1.807, 2.05) is 24.3 Å². The van der Waals surface area contributed by atoms with E-state index in [1.165, 1.54) is 6.20 Å². The van der Waals surface area contributed by atoms with E-state index in [4.69, 9.17) is 5.73 Å². The normalized spacial score (nSPS) is 11.9. The van der Waals surface area contributed by atoms with Crippen molar-refractivity contribution in [3.63, 3.8) is 0 Å². The zero-order valence-electron chi connectivity index (χ0n) is 17.2. The van der Waals surface area contributed by atoms with Gasteiger partial charge in [0.2, 0.25) is 0 Å². The van der Waals surface area contributed by atoms with E-state index in [2.05, 4.69) is 26.9 Å². The quantitative estimate of drug-likeness (QED) is 0.407. The Labute approximate surface area is 187 Å². The average molecular weight is 441 g/mol. The highest BCUT2D eigenvalue weighted by Crippen LogP contribution is 2.29. The topological polar surface area (TPSA) is 89.6 Å². The number of nitrogens with zero attached hydrogens (tertiary/aromatic N) is 3. The summed E-state index contributed by atoms with van der Waals surface area (Å²) < 4.78 is 30.4. The molecule has 1 atom stereocenters. The van der Waals surface area contributed by atoms with E-state index in [9.17, 15) is 13.6 Å². The van der Waals surface area contributed by atoms with Crippen LogP contribution in [0.1, 0.15) is 33.9 Å². The van der Waals surface area contributed by atoms with E-state index in [-0.39, 0.29) is 17.5 Å². The van der Waals surface area contributed by atoms with Crippen LogP contribution in [0.2, 0.25) is 0 Å². The van der Waals surface area contributed by atoms with Crippen LogP contribution in [-0.4, -0.2) is 25.7 Å². The van der Waals surface area contributed by atoms with Crippen LogP contribution in [-0.2, 0) is 0 Å². The first-order chi connectivity index (χ1) is 16.0. The molecule has 2 aromatic carbocycles. The number of nitrogens with two attached hydrogens (primary N) is 1. The number of para-hydroxylation sites is 1. The molecule has 0 spiro atoms. The van der Waals surface area contributed by atoms with Crippen LogP contribution in [0.5, 0.6) is 0 Å². The maximum Gasteiger partial charge on any atom is 0.251 e. The summed E-state index contributed by atoms with van der Waals surface area (Å²) in [5, 5.41) is 5.94. The molecule has 3 aromatic heterocycles. The van der Waals surface area contributed by atoms with Gasteiger partial charge in [-0.05, 0) is 30.3 Å². The van der Waals surface area contributed by atoms with Gasteiger partial charge in [0.15, 0.2) is 0 Å². The van der Waals surface area contributed by atoms with Gasteiger partial charge in [0.1, 0.15) is 17.3 Å². The second-order valence-corrected chi connectivity index (χ2v) is 7.49. The minimum absolute atomic E-state index is 0.110. The van der Waals surface area contributed by atoms with Crippen LogP contribution >= 0.6 is 0 Å². The smallest absolute Gasteiger partial charge is 0.251 e. The Morgan fingerprint density at radius 2 is 2.00 bits per heavy atom. The van der Waals surface area contributed by atoms with Crippen molar-refractivity contribution in [1.82, 2.24) is 19.7 Å². The average Bonchev–Trinajstić information content (AvgIpc) is 3.46. The molecule has 3 N–H and O–H groups in total. The lowest BCUT2D eigenvalue weighted by atomic mass is 10.0. The number of aromatic amines is 1. The lowest BCUT2D eigenvalue weighted by Gasteiger charge is -2.18. The second-order valence-electron chi connectivity index (χ2n) is 7.49. The predicted molar refractivity (Wildman–Crippen MR) is 120 cm³/mol. The maximum atomic E-state index is 14.8. The van der Waals surface area contributed by atoms with E-state index in [0.717, 1.165) is 29.1 Å². The summed E-state index contributed by atoms with van der Waals surface area (Å²) in [7, 11) is 0. The molecule has 0 aliphatic heterocycles. The fourth-order valence-corrected chi connectivity index (χ4v) is 3.90. The number of pyridine rings is 1. The van der Waals surface area contributed by atoms with Crippen LogP contribution in [0.4, 0.5) is 8.78 Å². The van der Waals surface area contributed by atoms with Crippen LogP contribution in [0.25, 0.3) is 21.9 Å². The Morgan fingerprint density at radius 3 is 2.85 bits per heavy atom. The van der Waals surface area contributed by atoms with Gasteiger partial charge in [-0.15, -0.1) is 0 Å². The highest BCUT2D eigenvalue weighted by molar-refractivity contribution is 6.00. The highest BCUT2D eigenvalue weighted by Gasteiger charge is 2.21. The van der Waals surface area contributed by atoms with Gasteiger partial charge < -0.3 is 10.7 Å². The van der Waals surface area contributed by atoms with Crippen LogP contribution in [0, 0.1) is 23.5 Å². The third-order valence-corrected chi connectivity index (χ3v) is 5.48. The largest absolute Gasteiger partial charge is 0.366 e. The molecule has 8 heteroatoms. The van der Waals surface area contributed by atoms with Crippen molar-refractivity contribution in [3.8, 4) is 11.8 Å². The summed E-state index contributed by atoms with van der Waals surface area (Å²) in [6, 6.07) is 11.9. The molecular formula is C25H17F2N5O. The number of hydrogen-bond donors (Lipinski definition) is 2. The summed E-state index contributed by atoms with van der Waals surface area (Å²) in [5.41, 5.74) is 7.59. The number of aromatic nitrogens is 4. The third kappa shape index (κ3) is 3.70. The summed E-state index contributed by atoms with van der Waals surface area (Å²) in [4.78, 5) is 19.1. The molecule has 6 nitrogen and oxygen atoms in total. The first-order valence-electron chi connectivity index (χ1n) is 10.1. The first-order valence-corrected chi connectivity index (χ1v) is 10.1. The molecule has 0 fully saturated rings. The summed E-state index contributed by atoms with van der Waals surface area (Å²) in [5.74, 6) is 4.26. The van der Waals surface area contributed by atoms with Gasteiger partial charge in [-0.2, -0.15) is 5.10 Å². The number of primary amides is 1. The zero-order valence-corrected chi connectivity index (χ0v) is 17.2. The molecule has 0 bridgehead atoms. The van der Waals surface area contributed by atoms with Crippen LogP contribution in [0.3, 0.4) is 0 Å². The molecule has 1 unspecified atom stereocenters. The Morgan fingerprint density at radius 1 is 1.15 bits per heavy atom. The molecule has 5 aromatic rings. The zero-order chi connectivity index (χ0) is 22.9. The predicted octanol–water partition coefficient (Wildman–Crippen LogP) is 4.32. The standard InChI is InChI=1S/C25H17F2N5O/c26-16-8-9-21(27)19(12-16)23(32-22-6-2-1-4-15(22)13-31-32)7-3-5-17-18-10-11-29-25(18)30-14-20(17)24(28)33/h1-2,4,6,8-14,23H,7H2,(H2,28,33)(H,29,30). The number of benzene rings is 2. The molecule has 0 aliphatic carbocycles. The molecule has 162 valence electrons. The number of H-pyrrole nitrogens is 1. The Kier molecular flexibility index (Phi) is 5.07. The summed E-state index contributed by atoms with van der Waals surface area (Å²) >= 11 is 0. The first kappa shape index (κ1) is 20.4. The van der Waals surface area contributed by atoms with Gasteiger partial charge in [0, 0.05) is 40.7 Å². The molecule has 0 aliphatic rings. The van der Waals surface area contributed by atoms with Gasteiger partial charge in [0.05, 0.1) is 23.3 Å². The number of halogens is 2. The van der Waals surface area contributed by atoms with Crippen molar-refractivity contribution in [3.05, 3.63) is 95.4 Å². The minimum atomic E-state index is -0.700. The molecule has 3 heterocycles. The van der Waals surface area contributed by atoms with Crippen molar-refractivity contribution < 1.29 is 13.6 Å². The number of amides is 1.